The predicted octanol–water partition coefficient (Wildman–Crippen LogP) is 47.4. The van der Waals surface area contributed by atoms with Gasteiger partial charge in [0, 0.05) is 0 Å². The van der Waals surface area contributed by atoms with Crippen LogP contribution in [0.4, 0.5) is 0 Å². The van der Waals surface area contributed by atoms with Crippen molar-refractivity contribution in [3.8, 4) is 0 Å². The highest BCUT2D eigenvalue weighted by molar-refractivity contribution is 6.26. The van der Waals surface area contributed by atoms with Gasteiger partial charge in [-0.15, -0.1) is 0 Å². The van der Waals surface area contributed by atoms with Crippen molar-refractivity contribution in [2.75, 3.05) is 0 Å². The summed E-state index contributed by atoms with van der Waals surface area (Å²) in [7, 11) is 0. The van der Waals surface area contributed by atoms with Gasteiger partial charge in [0.2, 0.25) is 0 Å². The molecule has 0 saturated carbocycles. The highest BCUT2D eigenvalue weighted by atomic mass is 14.2. The summed E-state index contributed by atoms with van der Waals surface area (Å²) in [5, 5.41) is 48.7. The number of hydrogen-bond acceptors (Lipinski definition) is 0. The summed E-state index contributed by atoms with van der Waals surface area (Å²) in [5.41, 5.74) is 9.44. The molecule has 0 aliphatic carbocycles. The van der Waals surface area contributed by atoms with E-state index in [-0.39, 0.29) is 0 Å². The summed E-state index contributed by atoms with van der Waals surface area (Å²) in [5.74, 6) is 0. The Morgan fingerprint density at radius 1 is 0.0979 bits per heavy atom. The molecule has 25 aromatic carbocycles. The Morgan fingerprint density at radius 2 is 0.315 bits per heavy atom. The Balaban J connectivity index is 0.000000282. The van der Waals surface area contributed by atoms with Crippen LogP contribution in [0.25, 0.3) is 194 Å². The molecule has 0 saturated heterocycles. The van der Waals surface area contributed by atoms with Crippen molar-refractivity contribution in [1.29, 1.82) is 0 Å². The first-order valence-corrected chi connectivity index (χ1v) is 54.2. The Kier molecular flexibility index (Phi) is 53.2. The molecule has 25 aromatic rings. The fourth-order valence-electron chi connectivity index (χ4n) is 18.3. The summed E-state index contributed by atoms with van der Waals surface area (Å²) in [6.45, 7) is 71.2. The SMILES string of the molecule is CC.CC.CC.CC.CC.CC.CC.CC.CC.CC.CC.CC.CC.CC.Cc1c2ccccc2cc2ccccc12.Cc1cc2cc3ccccc3cc2c2ccccc12.Cc1cc2ccc3cccc4ccc(c1)c2c34.Cc1cc2cccc3ccc4cccc1c4c32.Cc1cc2ccccc2c2ccccc12.Cc1ccc2cc3ccccc3cc2c1.Cc1ccc2ccc3cccc4ccc1c2c34. The molecule has 0 aromatic heterocycles. The zero-order valence-electron chi connectivity index (χ0n) is 94.0. The number of fused-ring (bicyclic) bond motifs is 11. The van der Waals surface area contributed by atoms with Crippen LogP contribution in [0.1, 0.15) is 233 Å². The van der Waals surface area contributed by atoms with E-state index in [0.717, 1.165) is 0 Å². The van der Waals surface area contributed by atoms with E-state index >= 15 is 0 Å². The van der Waals surface area contributed by atoms with Crippen molar-refractivity contribution >= 4 is 194 Å². The Labute approximate surface area is 863 Å². The molecule has 0 amide bonds. The lowest BCUT2D eigenvalue weighted by molar-refractivity contribution is 1.50. The van der Waals surface area contributed by atoms with Gasteiger partial charge < -0.3 is 0 Å². The highest BCUT2D eigenvalue weighted by Gasteiger charge is 2.14. The van der Waals surface area contributed by atoms with Gasteiger partial charge in [-0.05, 0) is 306 Å². The second-order valence-corrected chi connectivity index (χ2v) is 31.4. The van der Waals surface area contributed by atoms with E-state index in [4.69, 9.17) is 0 Å². The molecule has 0 aliphatic heterocycles. The van der Waals surface area contributed by atoms with Crippen LogP contribution in [0.15, 0.2) is 394 Å². The smallest absolute Gasteiger partial charge is 0.00241 e. The van der Waals surface area contributed by atoms with E-state index in [1.807, 2.05) is 194 Å². The molecule has 25 rings (SSSR count). The minimum Gasteiger partial charge on any atom is -0.0683 e. The zero-order chi connectivity index (χ0) is 106. The van der Waals surface area contributed by atoms with Gasteiger partial charge in [0.05, 0.1) is 0 Å². The molecule has 742 valence electrons. The predicted molar refractivity (Wildman–Crippen MR) is 666 cm³/mol. The molecule has 0 bridgehead atoms. The van der Waals surface area contributed by atoms with Gasteiger partial charge in [-0.3, -0.25) is 0 Å². The summed E-state index contributed by atoms with van der Waals surface area (Å²) in [6, 6.07) is 142. The quantitative estimate of drug-likeness (QED) is 0.105. The Hall–Kier alpha value is -14.0. The Morgan fingerprint density at radius 3 is 0.748 bits per heavy atom. The fourth-order valence-corrected chi connectivity index (χ4v) is 18.3. The van der Waals surface area contributed by atoms with E-state index in [1.165, 1.54) is 233 Å². The second-order valence-electron chi connectivity index (χ2n) is 31.4. The number of rotatable bonds is 0. The first kappa shape index (κ1) is 119. The molecule has 0 nitrogen and oxygen atoms in total. The minimum atomic E-state index is 1.31. The van der Waals surface area contributed by atoms with Crippen molar-refractivity contribution in [3.05, 3.63) is 433 Å². The van der Waals surface area contributed by atoms with Gasteiger partial charge in [0.25, 0.3) is 0 Å². The molecule has 0 heteroatoms. The van der Waals surface area contributed by atoms with Crippen molar-refractivity contribution in [3.63, 3.8) is 0 Å². The van der Waals surface area contributed by atoms with Crippen LogP contribution in [-0.2, 0) is 0 Å². The van der Waals surface area contributed by atoms with Crippen LogP contribution in [0, 0.1) is 48.5 Å². The maximum Gasteiger partial charge on any atom is -0.00241 e. The third-order valence-corrected chi connectivity index (χ3v) is 23.9. The molecule has 0 heterocycles. The van der Waals surface area contributed by atoms with Gasteiger partial charge in [0.1, 0.15) is 0 Å². The zero-order valence-corrected chi connectivity index (χ0v) is 94.0. The number of hydrogen-bond donors (Lipinski definition) is 0. The summed E-state index contributed by atoms with van der Waals surface area (Å²) in [6.07, 6.45) is 0. The van der Waals surface area contributed by atoms with Crippen LogP contribution in [0.5, 0.6) is 0 Å². The third kappa shape index (κ3) is 28.7. The normalized spacial score (nSPS) is 9.78. The summed E-state index contributed by atoms with van der Waals surface area (Å²) < 4.78 is 0. The molecular weight excluding hydrogens is 1720 g/mol. The fraction of sp³-hybridized carbons (Fsp3) is 0.245. The molecule has 0 aliphatic rings. The molecule has 0 radical (unpaired) electrons. The van der Waals surface area contributed by atoms with E-state index in [2.05, 4.69) is 443 Å². The molecule has 0 N–H and O–H groups in total. The first-order chi connectivity index (χ1) is 70.4. The van der Waals surface area contributed by atoms with E-state index < -0.39 is 0 Å². The molecule has 143 heavy (non-hydrogen) atoms. The van der Waals surface area contributed by atoms with E-state index in [0.29, 0.717) is 0 Å². The highest BCUT2D eigenvalue weighted by Crippen LogP contribution is 2.41. The molecular formula is C143H170. The van der Waals surface area contributed by atoms with Crippen LogP contribution in [0.2, 0.25) is 0 Å². The third-order valence-electron chi connectivity index (χ3n) is 23.9. The van der Waals surface area contributed by atoms with Gasteiger partial charge in [-0.1, -0.05) is 563 Å². The van der Waals surface area contributed by atoms with Crippen molar-refractivity contribution in [1.82, 2.24) is 0 Å². The van der Waals surface area contributed by atoms with Crippen LogP contribution >= 0.6 is 0 Å². The van der Waals surface area contributed by atoms with Gasteiger partial charge in [-0.25, -0.2) is 0 Å². The maximum atomic E-state index is 2.31. The minimum absolute atomic E-state index is 1.31. The maximum absolute atomic E-state index is 2.31. The average Bonchev–Trinajstić information content (AvgIpc) is 0.745. The van der Waals surface area contributed by atoms with Gasteiger partial charge in [-0.2, -0.15) is 0 Å². The topological polar surface area (TPSA) is 0 Å². The first-order valence-electron chi connectivity index (χ1n) is 54.2. The molecule has 0 spiro atoms. The monoisotopic (exact) mass is 1890 g/mol. The van der Waals surface area contributed by atoms with Crippen LogP contribution < -0.4 is 0 Å². The standard InChI is InChI=1S/C19H14.3C17H12.3C15H12.14C2H6/c1-13-10-16-11-14-6-2-3-7-15(14)12-19(16)18-9-5-4-8-17(13)18;1-11-10-14-6-2-4-12-8-9-13-5-3-7-15(11)17(13)16(12)14;1-11-9-14-7-5-12-3-2-4-13-6-8-15(10-11)17(14)16(12)13;1-11-5-6-14-8-7-12-3-2-4-13-9-10-15(11)17(14)16(12)13;1-11-14-8-4-2-6-12(14)10-13-7-3-5-9-15(11)13;1-11-10-12-6-2-3-8-14(12)15-9-5-4-7-13(11)15;1-11-6-7-14-9-12-4-2-3-5-13(12)10-15(14)8-11;14*1-2/h2-12H,1H3;3*2-10H,1H3;3*2-10H,1H3;14*1-2H3. The van der Waals surface area contributed by atoms with Gasteiger partial charge in [0.15, 0.2) is 0 Å². The van der Waals surface area contributed by atoms with Gasteiger partial charge >= 0.3 is 0 Å². The van der Waals surface area contributed by atoms with Crippen molar-refractivity contribution < 1.29 is 0 Å². The number of benzene rings is 25. The van der Waals surface area contributed by atoms with Crippen LogP contribution in [0.3, 0.4) is 0 Å². The molecule has 0 atom stereocenters. The average molecular weight is 1890 g/mol. The lowest BCUT2D eigenvalue weighted by atomic mass is 9.92. The summed E-state index contributed by atoms with van der Waals surface area (Å²) >= 11 is 0. The molecule has 0 unspecified atom stereocenters. The van der Waals surface area contributed by atoms with Crippen LogP contribution in [-0.4, -0.2) is 0 Å². The summed E-state index contributed by atoms with van der Waals surface area (Å²) in [4.78, 5) is 0. The van der Waals surface area contributed by atoms with E-state index in [1.54, 1.807) is 0 Å². The van der Waals surface area contributed by atoms with Crippen molar-refractivity contribution in [2.45, 2.75) is 242 Å². The molecule has 0 fully saturated rings. The largest absolute Gasteiger partial charge is 0.0683 e. The second kappa shape index (κ2) is 63.7. The lowest BCUT2D eigenvalue weighted by Crippen LogP contribution is -1.85. The lowest BCUT2D eigenvalue weighted by Gasteiger charge is -2.12. The number of aryl methyl sites for hydroxylation is 7. The van der Waals surface area contributed by atoms with E-state index in [9.17, 15) is 0 Å². The van der Waals surface area contributed by atoms with Crippen molar-refractivity contribution in [2.24, 2.45) is 0 Å². The Bertz CT molecular complexity index is 7780.